The van der Waals surface area contributed by atoms with E-state index in [2.05, 4.69) is 23.5 Å². The van der Waals surface area contributed by atoms with Gasteiger partial charge >= 0.3 is 0 Å². The first kappa shape index (κ1) is 17.9. The maximum absolute atomic E-state index is 12.3. The van der Waals surface area contributed by atoms with Gasteiger partial charge in [0.05, 0.1) is 6.04 Å². The van der Waals surface area contributed by atoms with E-state index in [0.29, 0.717) is 5.56 Å². The van der Waals surface area contributed by atoms with E-state index in [1.54, 1.807) is 0 Å². The smallest absolute Gasteiger partial charge is 0.220 e. The Labute approximate surface area is 154 Å². The number of amides is 1. The van der Waals surface area contributed by atoms with Gasteiger partial charge in [-0.05, 0) is 30.2 Å². The van der Waals surface area contributed by atoms with Crippen molar-refractivity contribution in [1.29, 1.82) is 0 Å². The molecule has 0 bridgehead atoms. The predicted molar refractivity (Wildman–Crippen MR) is 105 cm³/mol. The van der Waals surface area contributed by atoms with E-state index in [-0.39, 0.29) is 30.6 Å². The molecule has 0 aromatic heterocycles. The molecule has 1 amide bonds. The average Bonchev–Trinajstić information content (AvgIpc) is 2.66. The zero-order chi connectivity index (χ0) is 18.5. The van der Waals surface area contributed by atoms with Crippen LogP contribution in [0, 0.1) is 6.92 Å². The summed E-state index contributed by atoms with van der Waals surface area (Å²) < 4.78 is 0. The summed E-state index contributed by atoms with van der Waals surface area (Å²) >= 11 is 0. The first-order chi connectivity index (χ1) is 12.5. The van der Waals surface area contributed by atoms with Gasteiger partial charge in [0.15, 0.2) is 5.78 Å². The molecule has 0 fully saturated rings. The molecule has 0 heterocycles. The number of carbonyl (C=O) groups excluding carboxylic acids is 2. The molecule has 3 aromatic carbocycles. The Morgan fingerprint density at radius 2 is 1.58 bits per heavy atom. The molecule has 0 saturated heterocycles. The van der Waals surface area contributed by atoms with Crippen LogP contribution in [0.2, 0.25) is 0 Å². The van der Waals surface area contributed by atoms with Crippen molar-refractivity contribution in [1.82, 2.24) is 5.32 Å². The highest BCUT2D eigenvalue weighted by molar-refractivity contribution is 5.98. The lowest BCUT2D eigenvalue weighted by Gasteiger charge is -2.16. The lowest BCUT2D eigenvalue weighted by atomic mass is 9.99. The number of rotatable bonds is 6. The van der Waals surface area contributed by atoms with Crippen LogP contribution in [0.25, 0.3) is 10.8 Å². The highest BCUT2D eigenvalue weighted by atomic mass is 16.2. The number of aryl methyl sites for hydroxylation is 1. The van der Waals surface area contributed by atoms with Crippen molar-refractivity contribution in [3.8, 4) is 0 Å². The van der Waals surface area contributed by atoms with Gasteiger partial charge in [0.25, 0.3) is 0 Å². The molecule has 1 atom stereocenters. The summed E-state index contributed by atoms with van der Waals surface area (Å²) in [7, 11) is 0. The van der Waals surface area contributed by atoms with Crippen LogP contribution < -0.4 is 5.32 Å². The minimum absolute atomic E-state index is 0.00189. The standard InChI is InChI=1S/C23H23NO2/c1-16-10-12-19(13-11-16)22(25)14-15-23(26)24-17(2)20-9-5-7-18-6-3-4-8-21(18)20/h3-13,17H,14-15H2,1-2H3,(H,24,26). The molecular weight excluding hydrogens is 322 g/mol. The highest BCUT2D eigenvalue weighted by Crippen LogP contribution is 2.24. The van der Waals surface area contributed by atoms with Gasteiger partial charge in [0.2, 0.25) is 5.91 Å². The van der Waals surface area contributed by atoms with E-state index in [1.807, 2.05) is 62.4 Å². The van der Waals surface area contributed by atoms with Crippen LogP contribution in [0.1, 0.15) is 47.3 Å². The summed E-state index contributed by atoms with van der Waals surface area (Å²) in [5, 5.41) is 5.30. The summed E-state index contributed by atoms with van der Waals surface area (Å²) in [5.41, 5.74) is 2.86. The molecule has 0 aliphatic heterocycles. The van der Waals surface area contributed by atoms with Crippen LogP contribution in [-0.4, -0.2) is 11.7 Å². The van der Waals surface area contributed by atoms with Crippen molar-refractivity contribution in [2.75, 3.05) is 0 Å². The van der Waals surface area contributed by atoms with Gasteiger partial charge in [-0.1, -0.05) is 72.3 Å². The van der Waals surface area contributed by atoms with E-state index < -0.39 is 0 Å². The molecule has 0 aliphatic carbocycles. The van der Waals surface area contributed by atoms with Crippen LogP contribution in [0.4, 0.5) is 0 Å². The number of fused-ring (bicyclic) bond motifs is 1. The fourth-order valence-corrected chi connectivity index (χ4v) is 3.13. The van der Waals surface area contributed by atoms with E-state index >= 15 is 0 Å². The second-order valence-corrected chi connectivity index (χ2v) is 6.65. The zero-order valence-corrected chi connectivity index (χ0v) is 15.2. The number of ketones is 1. The van der Waals surface area contributed by atoms with E-state index in [0.717, 1.165) is 21.9 Å². The van der Waals surface area contributed by atoms with Gasteiger partial charge in [0.1, 0.15) is 0 Å². The van der Waals surface area contributed by atoms with Crippen LogP contribution in [0.15, 0.2) is 66.7 Å². The van der Waals surface area contributed by atoms with Crippen molar-refractivity contribution in [3.05, 3.63) is 83.4 Å². The lowest BCUT2D eigenvalue weighted by Crippen LogP contribution is -2.27. The monoisotopic (exact) mass is 345 g/mol. The Kier molecular flexibility index (Phi) is 5.47. The summed E-state index contributed by atoms with van der Waals surface area (Å²) in [4.78, 5) is 24.5. The van der Waals surface area contributed by atoms with E-state index in [1.165, 1.54) is 0 Å². The highest BCUT2D eigenvalue weighted by Gasteiger charge is 2.14. The normalized spacial score (nSPS) is 11.9. The predicted octanol–water partition coefficient (Wildman–Crippen LogP) is 4.99. The minimum atomic E-state index is -0.108. The molecule has 3 heteroatoms. The van der Waals surface area contributed by atoms with E-state index in [4.69, 9.17) is 0 Å². The molecule has 0 saturated carbocycles. The fraction of sp³-hybridized carbons (Fsp3) is 0.217. The molecule has 132 valence electrons. The van der Waals surface area contributed by atoms with Crippen molar-refractivity contribution < 1.29 is 9.59 Å². The third-order valence-electron chi connectivity index (χ3n) is 4.62. The molecule has 3 rings (SSSR count). The molecule has 1 unspecified atom stereocenters. The molecule has 0 radical (unpaired) electrons. The van der Waals surface area contributed by atoms with Crippen molar-refractivity contribution in [3.63, 3.8) is 0 Å². The van der Waals surface area contributed by atoms with Gasteiger partial charge in [-0.2, -0.15) is 0 Å². The maximum Gasteiger partial charge on any atom is 0.220 e. The number of benzene rings is 3. The first-order valence-corrected chi connectivity index (χ1v) is 8.91. The number of Topliss-reactive ketones (excluding diaryl/α,β-unsaturated/α-hetero) is 1. The van der Waals surface area contributed by atoms with Gasteiger partial charge < -0.3 is 5.32 Å². The van der Waals surface area contributed by atoms with Crippen LogP contribution in [-0.2, 0) is 4.79 Å². The second-order valence-electron chi connectivity index (χ2n) is 6.65. The van der Waals surface area contributed by atoms with Crippen LogP contribution in [0.5, 0.6) is 0 Å². The summed E-state index contributed by atoms with van der Waals surface area (Å²) in [6, 6.07) is 21.6. The third-order valence-corrected chi connectivity index (χ3v) is 4.62. The first-order valence-electron chi connectivity index (χ1n) is 8.91. The number of hydrogen-bond acceptors (Lipinski definition) is 2. The summed E-state index contributed by atoms with van der Waals surface area (Å²) in [6.07, 6.45) is 0.416. The second kappa shape index (κ2) is 7.96. The number of nitrogens with one attached hydrogen (secondary N) is 1. The van der Waals surface area contributed by atoms with Gasteiger partial charge in [0, 0.05) is 18.4 Å². The summed E-state index contributed by atoms with van der Waals surface area (Å²) in [5.74, 6) is -0.108. The fourth-order valence-electron chi connectivity index (χ4n) is 3.13. The largest absolute Gasteiger partial charge is 0.350 e. The maximum atomic E-state index is 12.3. The third kappa shape index (κ3) is 4.17. The zero-order valence-electron chi connectivity index (χ0n) is 15.2. The average molecular weight is 345 g/mol. The Bertz CT molecular complexity index is 923. The minimum Gasteiger partial charge on any atom is -0.350 e. The van der Waals surface area contributed by atoms with Crippen molar-refractivity contribution in [2.45, 2.75) is 32.7 Å². The van der Waals surface area contributed by atoms with Gasteiger partial charge in [-0.15, -0.1) is 0 Å². The summed E-state index contributed by atoms with van der Waals surface area (Å²) in [6.45, 7) is 3.96. The van der Waals surface area contributed by atoms with Crippen molar-refractivity contribution in [2.24, 2.45) is 0 Å². The Hall–Kier alpha value is -2.94. The molecule has 0 spiro atoms. The molecule has 1 N–H and O–H groups in total. The molecule has 3 nitrogen and oxygen atoms in total. The van der Waals surface area contributed by atoms with Crippen LogP contribution >= 0.6 is 0 Å². The van der Waals surface area contributed by atoms with E-state index in [9.17, 15) is 9.59 Å². The topological polar surface area (TPSA) is 46.2 Å². The number of carbonyl (C=O) groups is 2. The van der Waals surface area contributed by atoms with Crippen LogP contribution in [0.3, 0.4) is 0 Å². The SMILES string of the molecule is Cc1ccc(C(=O)CCC(=O)NC(C)c2cccc3ccccc23)cc1. The Morgan fingerprint density at radius 1 is 0.885 bits per heavy atom. The van der Waals surface area contributed by atoms with Gasteiger partial charge in [-0.3, -0.25) is 9.59 Å². The Morgan fingerprint density at radius 3 is 2.35 bits per heavy atom. The lowest BCUT2D eigenvalue weighted by molar-refractivity contribution is -0.121. The molecule has 3 aromatic rings. The van der Waals surface area contributed by atoms with Gasteiger partial charge in [-0.25, -0.2) is 0 Å². The number of hydrogen-bond donors (Lipinski definition) is 1. The quantitative estimate of drug-likeness (QED) is 0.640. The Balaban J connectivity index is 1.60. The molecule has 26 heavy (non-hydrogen) atoms. The molecule has 0 aliphatic rings. The molecular formula is C23H23NO2. The van der Waals surface area contributed by atoms with Crippen molar-refractivity contribution >= 4 is 22.5 Å².